The Morgan fingerprint density at radius 1 is 1.33 bits per heavy atom. The van der Waals surface area contributed by atoms with Crippen LogP contribution in [0.5, 0.6) is 5.75 Å². The predicted molar refractivity (Wildman–Crippen MR) is 76.3 cm³/mol. The lowest BCUT2D eigenvalue weighted by atomic mass is 10.1. The van der Waals surface area contributed by atoms with Crippen LogP contribution in [0.3, 0.4) is 0 Å². The van der Waals surface area contributed by atoms with Crippen LogP contribution in [0.4, 0.5) is 0 Å². The molecule has 0 fully saturated rings. The van der Waals surface area contributed by atoms with Crippen LogP contribution in [0.15, 0.2) is 24.4 Å². The highest BCUT2D eigenvalue weighted by atomic mass is 16.5. The Labute approximate surface area is 109 Å². The summed E-state index contributed by atoms with van der Waals surface area (Å²) in [5.41, 5.74) is 2.63. The second-order valence-electron chi connectivity index (χ2n) is 5.01. The Bertz CT molecular complexity index is 529. The van der Waals surface area contributed by atoms with Crippen molar-refractivity contribution in [2.75, 3.05) is 13.7 Å². The molecule has 1 heterocycles. The minimum absolute atomic E-state index is 0.537. The lowest BCUT2D eigenvalue weighted by Gasteiger charge is -2.07. The molecule has 18 heavy (non-hydrogen) atoms. The molecule has 1 aromatic carbocycles. The van der Waals surface area contributed by atoms with Gasteiger partial charge >= 0.3 is 0 Å². The molecule has 0 radical (unpaired) electrons. The molecule has 1 N–H and O–H groups in total. The van der Waals surface area contributed by atoms with Gasteiger partial charge in [0.25, 0.3) is 0 Å². The van der Waals surface area contributed by atoms with Crippen molar-refractivity contribution in [3.05, 3.63) is 30.0 Å². The topological polar surface area (TPSA) is 26.2 Å². The van der Waals surface area contributed by atoms with E-state index in [1.54, 1.807) is 7.11 Å². The van der Waals surface area contributed by atoms with Crippen LogP contribution in [-0.2, 0) is 13.5 Å². The molecule has 0 aliphatic rings. The van der Waals surface area contributed by atoms with Gasteiger partial charge in [0, 0.05) is 30.2 Å². The van der Waals surface area contributed by atoms with Gasteiger partial charge in [-0.3, -0.25) is 0 Å². The Kier molecular flexibility index (Phi) is 3.92. The van der Waals surface area contributed by atoms with E-state index in [9.17, 15) is 0 Å². The summed E-state index contributed by atoms with van der Waals surface area (Å²) in [5.74, 6) is 0.923. The number of nitrogens with zero attached hydrogens (tertiary/aromatic N) is 1. The summed E-state index contributed by atoms with van der Waals surface area (Å²) in [6, 6.07) is 6.79. The number of rotatable bonds is 5. The molecule has 2 rings (SSSR count). The van der Waals surface area contributed by atoms with E-state index in [4.69, 9.17) is 4.74 Å². The Hall–Kier alpha value is -1.48. The molecule has 3 heteroatoms. The highest BCUT2D eigenvalue weighted by molar-refractivity contribution is 5.85. The van der Waals surface area contributed by atoms with Gasteiger partial charge in [-0.05, 0) is 36.7 Å². The maximum Gasteiger partial charge on any atom is 0.119 e. The van der Waals surface area contributed by atoms with Gasteiger partial charge in [-0.25, -0.2) is 0 Å². The van der Waals surface area contributed by atoms with Gasteiger partial charge in [-0.1, -0.05) is 13.8 Å². The van der Waals surface area contributed by atoms with Crippen LogP contribution < -0.4 is 10.1 Å². The number of hydrogen-bond donors (Lipinski definition) is 1. The second-order valence-corrected chi connectivity index (χ2v) is 5.01. The number of aryl methyl sites for hydroxylation is 1. The molecule has 3 nitrogen and oxygen atoms in total. The van der Waals surface area contributed by atoms with Crippen LogP contribution in [0.1, 0.15) is 19.4 Å². The summed E-state index contributed by atoms with van der Waals surface area (Å²) in [6.45, 7) is 5.35. The molecular weight excluding hydrogens is 224 g/mol. The largest absolute Gasteiger partial charge is 0.497 e. The zero-order valence-corrected chi connectivity index (χ0v) is 11.7. The molecule has 0 aliphatic carbocycles. The molecule has 2 aromatic rings. The Morgan fingerprint density at radius 3 is 2.78 bits per heavy atom. The summed E-state index contributed by atoms with van der Waals surface area (Å²) in [4.78, 5) is 0. The smallest absolute Gasteiger partial charge is 0.119 e. The molecule has 0 saturated carbocycles. The zero-order chi connectivity index (χ0) is 13.1. The van der Waals surface area contributed by atoms with Gasteiger partial charge in [0.2, 0.25) is 0 Å². The average molecular weight is 246 g/mol. The molecule has 0 aliphatic heterocycles. The first kappa shape index (κ1) is 13.0. The predicted octanol–water partition coefficient (Wildman–Crippen LogP) is 2.73. The van der Waals surface area contributed by atoms with Crippen molar-refractivity contribution in [2.24, 2.45) is 7.05 Å². The minimum atomic E-state index is 0.537. The number of hydrogen-bond acceptors (Lipinski definition) is 2. The quantitative estimate of drug-likeness (QED) is 0.878. The van der Waals surface area contributed by atoms with Crippen molar-refractivity contribution in [3.8, 4) is 5.75 Å². The van der Waals surface area contributed by atoms with Gasteiger partial charge in [0.15, 0.2) is 0 Å². The van der Waals surface area contributed by atoms with Crippen molar-refractivity contribution in [1.82, 2.24) is 9.88 Å². The third kappa shape index (κ3) is 2.67. The molecule has 0 saturated heterocycles. The van der Waals surface area contributed by atoms with Crippen LogP contribution >= 0.6 is 0 Å². The van der Waals surface area contributed by atoms with Gasteiger partial charge < -0.3 is 14.6 Å². The standard InChI is InChI=1S/C15H22N2O/c1-11(2)16-8-7-12-10-17(3)15-6-5-13(18-4)9-14(12)15/h5-6,9-11,16H,7-8H2,1-4H3. The van der Waals surface area contributed by atoms with E-state index in [2.05, 4.69) is 49.1 Å². The van der Waals surface area contributed by atoms with Gasteiger partial charge in [0.1, 0.15) is 5.75 Å². The number of methoxy groups -OCH3 is 1. The fourth-order valence-corrected chi connectivity index (χ4v) is 2.27. The first-order valence-corrected chi connectivity index (χ1v) is 6.47. The maximum absolute atomic E-state index is 5.30. The highest BCUT2D eigenvalue weighted by Crippen LogP contribution is 2.25. The lowest BCUT2D eigenvalue weighted by Crippen LogP contribution is -2.24. The summed E-state index contributed by atoms with van der Waals surface area (Å²) >= 11 is 0. The Balaban J connectivity index is 2.26. The number of benzene rings is 1. The first-order valence-electron chi connectivity index (χ1n) is 6.47. The van der Waals surface area contributed by atoms with Crippen molar-refractivity contribution in [2.45, 2.75) is 26.3 Å². The van der Waals surface area contributed by atoms with Gasteiger partial charge in [-0.15, -0.1) is 0 Å². The van der Waals surface area contributed by atoms with E-state index >= 15 is 0 Å². The van der Waals surface area contributed by atoms with Crippen molar-refractivity contribution in [1.29, 1.82) is 0 Å². The van der Waals surface area contributed by atoms with E-state index < -0.39 is 0 Å². The lowest BCUT2D eigenvalue weighted by molar-refractivity contribution is 0.415. The number of fused-ring (bicyclic) bond motifs is 1. The fourth-order valence-electron chi connectivity index (χ4n) is 2.27. The number of nitrogens with one attached hydrogen (secondary N) is 1. The molecule has 0 bridgehead atoms. The van der Waals surface area contributed by atoms with Crippen molar-refractivity contribution < 1.29 is 4.74 Å². The SMILES string of the molecule is COc1ccc2c(c1)c(CCNC(C)C)cn2C. The first-order chi connectivity index (χ1) is 8.61. The van der Waals surface area contributed by atoms with Crippen LogP contribution in [0.25, 0.3) is 10.9 Å². The van der Waals surface area contributed by atoms with Gasteiger partial charge in [0.05, 0.1) is 7.11 Å². The van der Waals surface area contributed by atoms with Gasteiger partial charge in [-0.2, -0.15) is 0 Å². The molecule has 0 spiro atoms. The summed E-state index contributed by atoms with van der Waals surface area (Å²) in [7, 11) is 3.80. The average Bonchev–Trinajstić information content (AvgIpc) is 2.65. The molecule has 0 amide bonds. The summed E-state index contributed by atoms with van der Waals surface area (Å²) in [6.07, 6.45) is 3.26. The molecule has 0 atom stereocenters. The second kappa shape index (κ2) is 5.44. The Morgan fingerprint density at radius 2 is 2.11 bits per heavy atom. The third-order valence-corrected chi connectivity index (χ3v) is 3.23. The van der Waals surface area contributed by atoms with Crippen molar-refractivity contribution in [3.63, 3.8) is 0 Å². The third-order valence-electron chi connectivity index (χ3n) is 3.23. The van der Waals surface area contributed by atoms with E-state index in [0.717, 1.165) is 18.7 Å². The van der Waals surface area contributed by atoms with Crippen LogP contribution in [-0.4, -0.2) is 24.3 Å². The summed E-state index contributed by atoms with van der Waals surface area (Å²) < 4.78 is 7.48. The monoisotopic (exact) mass is 246 g/mol. The van der Waals surface area contributed by atoms with Crippen LogP contribution in [0, 0.1) is 0 Å². The highest BCUT2D eigenvalue weighted by Gasteiger charge is 2.07. The zero-order valence-electron chi connectivity index (χ0n) is 11.7. The normalized spacial score (nSPS) is 11.4. The van der Waals surface area contributed by atoms with E-state index in [1.807, 2.05) is 6.07 Å². The molecular formula is C15H22N2O. The minimum Gasteiger partial charge on any atom is -0.497 e. The molecule has 98 valence electrons. The van der Waals surface area contributed by atoms with E-state index in [-0.39, 0.29) is 0 Å². The fraction of sp³-hybridized carbons (Fsp3) is 0.467. The number of aromatic nitrogens is 1. The van der Waals surface area contributed by atoms with E-state index in [1.165, 1.54) is 16.5 Å². The van der Waals surface area contributed by atoms with E-state index in [0.29, 0.717) is 6.04 Å². The number of ether oxygens (including phenoxy) is 1. The maximum atomic E-state index is 5.30. The molecule has 0 unspecified atom stereocenters. The van der Waals surface area contributed by atoms with Crippen molar-refractivity contribution >= 4 is 10.9 Å². The molecule has 1 aromatic heterocycles. The summed E-state index contributed by atoms with van der Waals surface area (Å²) in [5, 5.41) is 4.75. The van der Waals surface area contributed by atoms with Crippen LogP contribution in [0.2, 0.25) is 0 Å².